The van der Waals surface area contributed by atoms with E-state index in [0.29, 0.717) is 0 Å². The number of carbonyl (C=O) groups is 1. The highest BCUT2D eigenvalue weighted by atomic mass is 16.2. The van der Waals surface area contributed by atoms with Gasteiger partial charge in [-0.25, -0.2) is 9.67 Å². The number of aryl methyl sites for hydroxylation is 2. The highest BCUT2D eigenvalue weighted by molar-refractivity contribution is 5.92. The van der Waals surface area contributed by atoms with Crippen molar-refractivity contribution in [2.45, 2.75) is 38.1 Å². The number of hydrogen-bond donors (Lipinski definition) is 0. The van der Waals surface area contributed by atoms with Gasteiger partial charge in [-0.2, -0.15) is 5.10 Å². The maximum atomic E-state index is 12.9. The number of likely N-dealkylation sites (tertiary alicyclic amines) is 1. The molecule has 0 atom stereocenters. The van der Waals surface area contributed by atoms with Gasteiger partial charge in [0.2, 0.25) is 5.91 Å². The Bertz CT molecular complexity index is 692. The van der Waals surface area contributed by atoms with E-state index in [1.165, 1.54) is 16.7 Å². The maximum Gasteiger partial charge on any atom is 0.233 e. The summed E-state index contributed by atoms with van der Waals surface area (Å²) in [7, 11) is 0. The van der Waals surface area contributed by atoms with Crippen molar-refractivity contribution in [3.05, 3.63) is 47.5 Å². The van der Waals surface area contributed by atoms with Gasteiger partial charge in [0.1, 0.15) is 12.7 Å². The molecule has 0 radical (unpaired) electrons. The molecule has 4 rings (SSSR count). The third kappa shape index (κ3) is 2.03. The average Bonchev–Trinajstić information content (AvgIpc) is 3.07. The molecule has 1 saturated heterocycles. The summed E-state index contributed by atoms with van der Waals surface area (Å²) in [6.07, 6.45) is 5.21. The van der Waals surface area contributed by atoms with Gasteiger partial charge in [-0.05, 0) is 32.3 Å². The van der Waals surface area contributed by atoms with Crippen LogP contribution in [0.5, 0.6) is 0 Å². The van der Waals surface area contributed by atoms with Crippen molar-refractivity contribution in [2.24, 2.45) is 0 Å². The van der Waals surface area contributed by atoms with Crippen molar-refractivity contribution in [1.29, 1.82) is 0 Å². The summed E-state index contributed by atoms with van der Waals surface area (Å²) >= 11 is 0. The van der Waals surface area contributed by atoms with Gasteiger partial charge in [0.25, 0.3) is 0 Å². The van der Waals surface area contributed by atoms with Crippen molar-refractivity contribution >= 4 is 5.91 Å². The van der Waals surface area contributed by atoms with E-state index >= 15 is 0 Å². The quantitative estimate of drug-likeness (QED) is 0.870. The standard InChI is InChI=1S/C17H20N4O/c1-12-5-13(2)7-14(6-12)17(3-4-17)16(22)20-8-15(9-20)21-11-18-10-19-21/h5-7,10-11,15H,3-4,8-9H2,1-2H3. The summed E-state index contributed by atoms with van der Waals surface area (Å²) in [6, 6.07) is 6.79. The summed E-state index contributed by atoms with van der Waals surface area (Å²) in [5.74, 6) is 0.286. The van der Waals surface area contributed by atoms with Crippen LogP contribution in [-0.4, -0.2) is 38.7 Å². The first-order valence-corrected chi connectivity index (χ1v) is 7.81. The molecule has 0 N–H and O–H groups in total. The number of carbonyl (C=O) groups excluding carboxylic acids is 1. The predicted octanol–water partition coefficient (Wildman–Crippen LogP) is 2.01. The van der Waals surface area contributed by atoms with E-state index in [1.54, 1.807) is 12.7 Å². The molecule has 5 heteroatoms. The van der Waals surface area contributed by atoms with Crippen LogP contribution >= 0.6 is 0 Å². The Balaban J connectivity index is 1.51. The molecule has 2 fully saturated rings. The third-order valence-electron chi connectivity index (χ3n) is 4.89. The lowest BCUT2D eigenvalue weighted by Crippen LogP contribution is -2.54. The van der Waals surface area contributed by atoms with Crippen molar-refractivity contribution in [2.75, 3.05) is 13.1 Å². The van der Waals surface area contributed by atoms with E-state index in [2.05, 4.69) is 42.1 Å². The molecule has 0 bridgehead atoms. The zero-order valence-corrected chi connectivity index (χ0v) is 13.0. The molecule has 1 aromatic carbocycles. The van der Waals surface area contributed by atoms with Crippen LogP contribution in [0.4, 0.5) is 0 Å². The molecule has 2 heterocycles. The Labute approximate surface area is 130 Å². The fourth-order valence-electron chi connectivity index (χ4n) is 3.50. The Morgan fingerprint density at radius 2 is 1.86 bits per heavy atom. The third-order valence-corrected chi connectivity index (χ3v) is 4.89. The van der Waals surface area contributed by atoms with Crippen LogP contribution < -0.4 is 0 Å². The fraction of sp³-hybridized carbons (Fsp3) is 0.471. The fourth-order valence-corrected chi connectivity index (χ4v) is 3.50. The Morgan fingerprint density at radius 1 is 1.18 bits per heavy atom. The monoisotopic (exact) mass is 296 g/mol. The molecule has 1 saturated carbocycles. The molecule has 0 unspecified atom stereocenters. The van der Waals surface area contributed by atoms with Crippen LogP contribution in [0.25, 0.3) is 0 Å². The maximum absolute atomic E-state index is 12.9. The minimum Gasteiger partial charge on any atom is -0.337 e. The zero-order valence-electron chi connectivity index (χ0n) is 13.0. The topological polar surface area (TPSA) is 51.0 Å². The molecular formula is C17H20N4O. The summed E-state index contributed by atoms with van der Waals surface area (Å²) in [6.45, 7) is 5.69. The number of benzene rings is 1. The van der Waals surface area contributed by atoms with Gasteiger partial charge in [0.15, 0.2) is 0 Å². The van der Waals surface area contributed by atoms with Gasteiger partial charge < -0.3 is 4.90 Å². The lowest BCUT2D eigenvalue weighted by Gasteiger charge is -2.41. The van der Waals surface area contributed by atoms with E-state index in [0.717, 1.165) is 25.9 Å². The van der Waals surface area contributed by atoms with Crippen molar-refractivity contribution in [3.8, 4) is 0 Å². The highest BCUT2D eigenvalue weighted by Gasteiger charge is 2.54. The summed E-state index contributed by atoms with van der Waals surface area (Å²) in [5, 5.41) is 4.16. The van der Waals surface area contributed by atoms with E-state index in [9.17, 15) is 4.79 Å². The van der Waals surface area contributed by atoms with Crippen molar-refractivity contribution in [3.63, 3.8) is 0 Å². The van der Waals surface area contributed by atoms with E-state index < -0.39 is 0 Å². The Kier molecular flexibility index (Phi) is 2.86. The molecule has 1 amide bonds. The predicted molar refractivity (Wildman–Crippen MR) is 82.5 cm³/mol. The molecule has 114 valence electrons. The average molecular weight is 296 g/mol. The van der Waals surface area contributed by atoms with Crippen molar-refractivity contribution in [1.82, 2.24) is 19.7 Å². The van der Waals surface area contributed by atoms with E-state index in [4.69, 9.17) is 0 Å². The first-order chi connectivity index (χ1) is 10.6. The lowest BCUT2D eigenvalue weighted by atomic mass is 9.90. The van der Waals surface area contributed by atoms with Crippen LogP contribution in [0.1, 0.15) is 35.6 Å². The number of hydrogen-bond acceptors (Lipinski definition) is 3. The van der Waals surface area contributed by atoms with E-state index in [-0.39, 0.29) is 17.4 Å². The van der Waals surface area contributed by atoms with Crippen LogP contribution in [0.3, 0.4) is 0 Å². The van der Waals surface area contributed by atoms with Gasteiger partial charge in [-0.15, -0.1) is 0 Å². The summed E-state index contributed by atoms with van der Waals surface area (Å²) < 4.78 is 1.85. The second-order valence-corrected chi connectivity index (χ2v) is 6.70. The van der Waals surface area contributed by atoms with Gasteiger partial charge in [0.05, 0.1) is 11.5 Å². The number of rotatable bonds is 3. The van der Waals surface area contributed by atoms with Gasteiger partial charge in [-0.1, -0.05) is 29.3 Å². The van der Waals surface area contributed by atoms with Gasteiger partial charge in [-0.3, -0.25) is 4.79 Å². The second kappa shape index (κ2) is 4.66. The summed E-state index contributed by atoms with van der Waals surface area (Å²) in [4.78, 5) is 18.9. The van der Waals surface area contributed by atoms with Gasteiger partial charge >= 0.3 is 0 Å². The molecule has 2 aliphatic rings. The molecule has 1 aliphatic heterocycles. The smallest absolute Gasteiger partial charge is 0.233 e. The van der Waals surface area contributed by atoms with Gasteiger partial charge in [0, 0.05) is 13.1 Å². The number of aromatic nitrogens is 3. The molecule has 1 aliphatic carbocycles. The van der Waals surface area contributed by atoms with E-state index in [1.807, 2.05) is 9.58 Å². The Hall–Kier alpha value is -2.17. The number of nitrogens with zero attached hydrogens (tertiary/aromatic N) is 4. The van der Waals surface area contributed by atoms with Crippen LogP contribution in [-0.2, 0) is 10.2 Å². The first-order valence-electron chi connectivity index (χ1n) is 7.81. The van der Waals surface area contributed by atoms with Crippen LogP contribution in [0, 0.1) is 13.8 Å². The summed E-state index contributed by atoms with van der Waals surface area (Å²) in [5.41, 5.74) is 3.40. The molecule has 22 heavy (non-hydrogen) atoms. The zero-order chi connectivity index (χ0) is 15.3. The van der Waals surface area contributed by atoms with Crippen LogP contribution in [0.2, 0.25) is 0 Å². The minimum absolute atomic E-state index is 0.260. The van der Waals surface area contributed by atoms with Crippen molar-refractivity contribution < 1.29 is 4.79 Å². The molecular weight excluding hydrogens is 276 g/mol. The lowest BCUT2D eigenvalue weighted by molar-refractivity contribution is -0.140. The second-order valence-electron chi connectivity index (χ2n) is 6.70. The SMILES string of the molecule is Cc1cc(C)cc(C2(C(=O)N3CC(n4cncn4)C3)CC2)c1. The highest BCUT2D eigenvalue weighted by Crippen LogP contribution is 2.51. The molecule has 1 aromatic heterocycles. The first kappa shape index (κ1) is 13.5. The molecule has 5 nitrogen and oxygen atoms in total. The Morgan fingerprint density at radius 3 is 2.41 bits per heavy atom. The molecule has 2 aromatic rings. The number of amides is 1. The molecule has 0 spiro atoms. The largest absolute Gasteiger partial charge is 0.337 e. The normalized spacial score (nSPS) is 19.8. The van der Waals surface area contributed by atoms with Crippen LogP contribution in [0.15, 0.2) is 30.9 Å². The minimum atomic E-state index is -0.260.